The monoisotopic (exact) mass is 419 g/mol. The highest BCUT2D eigenvalue weighted by Crippen LogP contribution is 2.28. The fraction of sp³-hybridized carbons (Fsp3) is 0.632. The summed E-state index contributed by atoms with van der Waals surface area (Å²) in [6.45, 7) is 4.17. The number of ether oxygens (including phenoxy) is 1. The summed E-state index contributed by atoms with van der Waals surface area (Å²) < 4.78 is 19.3. The molecule has 3 aliphatic heterocycles. The SMILES string of the molecule is Cl.Cl.O=C(C(c1cccc(F)c1)N1CCOCC1)N1CCC2CCC(C1)N2. The van der Waals surface area contributed by atoms with Gasteiger partial charge in [0.15, 0.2) is 0 Å². The van der Waals surface area contributed by atoms with E-state index in [1.807, 2.05) is 11.0 Å². The van der Waals surface area contributed by atoms with Crippen LogP contribution in [0.1, 0.15) is 30.9 Å². The molecule has 5 nitrogen and oxygen atoms in total. The molecule has 3 fully saturated rings. The van der Waals surface area contributed by atoms with E-state index in [2.05, 4.69) is 10.2 Å². The van der Waals surface area contributed by atoms with Crippen molar-refractivity contribution in [1.29, 1.82) is 0 Å². The topological polar surface area (TPSA) is 44.8 Å². The molecule has 27 heavy (non-hydrogen) atoms. The summed E-state index contributed by atoms with van der Waals surface area (Å²) in [6, 6.07) is 7.00. The number of likely N-dealkylation sites (tertiary alicyclic amines) is 1. The van der Waals surface area contributed by atoms with Crippen LogP contribution in [-0.2, 0) is 9.53 Å². The Labute approximate surface area is 172 Å². The Morgan fingerprint density at radius 2 is 1.85 bits per heavy atom. The first-order valence-electron chi connectivity index (χ1n) is 9.33. The van der Waals surface area contributed by atoms with Gasteiger partial charge < -0.3 is 15.0 Å². The molecular formula is C19H28Cl2FN3O2. The second-order valence-electron chi connectivity index (χ2n) is 7.32. The van der Waals surface area contributed by atoms with E-state index in [-0.39, 0.29) is 36.5 Å². The third kappa shape index (κ3) is 5.12. The van der Waals surface area contributed by atoms with Gasteiger partial charge in [-0.05, 0) is 37.0 Å². The third-order valence-corrected chi connectivity index (χ3v) is 5.64. The predicted octanol–water partition coefficient (Wildman–Crippen LogP) is 2.40. The number of hydrogen-bond donors (Lipinski definition) is 1. The van der Waals surface area contributed by atoms with Crippen LogP contribution in [-0.4, -0.2) is 67.2 Å². The molecule has 0 spiro atoms. The lowest BCUT2D eigenvalue weighted by molar-refractivity contribution is -0.139. The van der Waals surface area contributed by atoms with E-state index in [0.29, 0.717) is 38.4 Å². The maximum Gasteiger partial charge on any atom is 0.244 e. The van der Waals surface area contributed by atoms with Crippen molar-refractivity contribution in [1.82, 2.24) is 15.1 Å². The molecule has 0 saturated carbocycles. The Bertz CT molecular complexity index is 631. The summed E-state index contributed by atoms with van der Waals surface area (Å²) in [7, 11) is 0. The van der Waals surface area contributed by atoms with Crippen LogP contribution in [0.2, 0.25) is 0 Å². The predicted molar refractivity (Wildman–Crippen MR) is 107 cm³/mol. The molecular weight excluding hydrogens is 392 g/mol. The van der Waals surface area contributed by atoms with E-state index >= 15 is 0 Å². The molecule has 3 heterocycles. The number of nitrogens with one attached hydrogen (secondary N) is 1. The average Bonchev–Trinajstić information content (AvgIpc) is 2.95. The zero-order chi connectivity index (χ0) is 17.2. The van der Waals surface area contributed by atoms with E-state index in [1.54, 1.807) is 6.07 Å². The molecule has 8 heteroatoms. The zero-order valence-corrected chi connectivity index (χ0v) is 16.9. The van der Waals surface area contributed by atoms with Gasteiger partial charge >= 0.3 is 0 Å². The molecule has 0 aromatic heterocycles. The van der Waals surface area contributed by atoms with Crippen LogP contribution in [0.5, 0.6) is 0 Å². The summed E-state index contributed by atoms with van der Waals surface area (Å²) >= 11 is 0. The van der Waals surface area contributed by atoms with Gasteiger partial charge in [0, 0.05) is 38.3 Å². The second-order valence-corrected chi connectivity index (χ2v) is 7.32. The van der Waals surface area contributed by atoms with Crippen LogP contribution in [0.15, 0.2) is 24.3 Å². The number of fused-ring (bicyclic) bond motifs is 2. The minimum absolute atomic E-state index is 0. The molecule has 1 N–H and O–H groups in total. The molecule has 1 amide bonds. The summed E-state index contributed by atoms with van der Waals surface area (Å²) in [5, 5.41) is 3.62. The Balaban J connectivity index is 0.00000131. The highest BCUT2D eigenvalue weighted by Gasteiger charge is 2.36. The van der Waals surface area contributed by atoms with Crippen molar-refractivity contribution >= 4 is 30.7 Å². The van der Waals surface area contributed by atoms with Gasteiger partial charge in [-0.3, -0.25) is 9.69 Å². The number of carbonyl (C=O) groups is 1. The Morgan fingerprint density at radius 1 is 1.11 bits per heavy atom. The quantitative estimate of drug-likeness (QED) is 0.816. The number of hydrogen-bond acceptors (Lipinski definition) is 4. The Morgan fingerprint density at radius 3 is 2.59 bits per heavy atom. The van der Waals surface area contributed by atoms with Crippen molar-refractivity contribution < 1.29 is 13.9 Å². The smallest absolute Gasteiger partial charge is 0.244 e. The minimum Gasteiger partial charge on any atom is -0.379 e. The number of nitrogens with zero attached hydrogens (tertiary/aromatic N) is 2. The van der Waals surface area contributed by atoms with E-state index in [4.69, 9.17) is 4.74 Å². The largest absolute Gasteiger partial charge is 0.379 e. The first kappa shape index (κ1) is 22.4. The maximum absolute atomic E-state index is 13.8. The average molecular weight is 420 g/mol. The molecule has 3 saturated heterocycles. The lowest BCUT2D eigenvalue weighted by Crippen LogP contribution is -2.49. The van der Waals surface area contributed by atoms with E-state index in [1.165, 1.54) is 18.6 Å². The van der Waals surface area contributed by atoms with E-state index in [9.17, 15) is 9.18 Å². The van der Waals surface area contributed by atoms with Crippen molar-refractivity contribution in [2.24, 2.45) is 0 Å². The van der Waals surface area contributed by atoms with Crippen molar-refractivity contribution in [2.45, 2.75) is 37.4 Å². The number of morpholine rings is 1. The lowest BCUT2D eigenvalue weighted by atomic mass is 10.0. The second kappa shape index (κ2) is 10.0. The molecule has 4 rings (SSSR count). The summed E-state index contributed by atoms with van der Waals surface area (Å²) in [6.07, 6.45) is 3.35. The molecule has 3 atom stereocenters. The van der Waals surface area contributed by atoms with Gasteiger partial charge in [0.1, 0.15) is 11.9 Å². The van der Waals surface area contributed by atoms with Crippen molar-refractivity contribution in [3.8, 4) is 0 Å². The number of rotatable bonds is 3. The molecule has 3 unspecified atom stereocenters. The number of carbonyl (C=O) groups excluding carboxylic acids is 1. The lowest BCUT2D eigenvalue weighted by Gasteiger charge is -2.37. The molecule has 0 radical (unpaired) electrons. The summed E-state index contributed by atoms with van der Waals surface area (Å²) in [5.74, 6) is -0.193. The van der Waals surface area contributed by atoms with Gasteiger partial charge in [0.05, 0.1) is 13.2 Å². The third-order valence-electron chi connectivity index (χ3n) is 5.64. The molecule has 1 aromatic carbocycles. The first-order valence-corrected chi connectivity index (χ1v) is 9.33. The normalized spacial score (nSPS) is 26.5. The zero-order valence-electron chi connectivity index (χ0n) is 15.3. The van der Waals surface area contributed by atoms with E-state index in [0.717, 1.165) is 31.5 Å². The first-order chi connectivity index (χ1) is 12.2. The van der Waals surface area contributed by atoms with Gasteiger partial charge in [-0.25, -0.2) is 4.39 Å². The van der Waals surface area contributed by atoms with Crippen molar-refractivity contribution in [2.75, 3.05) is 39.4 Å². The summed E-state index contributed by atoms with van der Waals surface area (Å²) in [4.78, 5) is 17.6. The van der Waals surface area contributed by atoms with Crippen molar-refractivity contribution in [3.63, 3.8) is 0 Å². The molecule has 0 aliphatic carbocycles. The fourth-order valence-electron chi connectivity index (χ4n) is 4.34. The number of benzene rings is 1. The number of halogens is 3. The Kier molecular flexibility index (Phi) is 8.31. The van der Waals surface area contributed by atoms with Crippen LogP contribution in [0, 0.1) is 5.82 Å². The van der Waals surface area contributed by atoms with Gasteiger partial charge in [0.2, 0.25) is 5.91 Å². The maximum atomic E-state index is 13.8. The van der Waals surface area contributed by atoms with Gasteiger partial charge in [-0.2, -0.15) is 0 Å². The Hall–Kier alpha value is -0.920. The summed E-state index contributed by atoms with van der Waals surface area (Å²) in [5.41, 5.74) is 0.745. The fourth-order valence-corrected chi connectivity index (χ4v) is 4.34. The molecule has 152 valence electrons. The molecule has 3 aliphatic rings. The van der Waals surface area contributed by atoms with Crippen LogP contribution >= 0.6 is 24.8 Å². The standard InChI is InChI=1S/C19H26FN3O2.2ClH/c20-15-3-1-2-14(12-15)18(22-8-10-25-11-9-22)19(24)23-7-6-16-4-5-17(13-23)21-16;;/h1-3,12,16-18,21H,4-11,13H2;2*1H. The highest BCUT2D eigenvalue weighted by atomic mass is 35.5. The van der Waals surface area contributed by atoms with Crippen LogP contribution in [0.4, 0.5) is 4.39 Å². The van der Waals surface area contributed by atoms with E-state index < -0.39 is 6.04 Å². The van der Waals surface area contributed by atoms with Crippen molar-refractivity contribution in [3.05, 3.63) is 35.6 Å². The van der Waals surface area contributed by atoms with Gasteiger partial charge in [-0.15, -0.1) is 24.8 Å². The van der Waals surface area contributed by atoms with Crippen LogP contribution < -0.4 is 5.32 Å². The van der Waals surface area contributed by atoms with Crippen LogP contribution in [0.25, 0.3) is 0 Å². The minimum atomic E-state index is -0.420. The molecule has 2 bridgehead atoms. The highest BCUT2D eigenvalue weighted by molar-refractivity contribution is 5.85. The van der Waals surface area contributed by atoms with Gasteiger partial charge in [0.25, 0.3) is 0 Å². The van der Waals surface area contributed by atoms with Gasteiger partial charge in [-0.1, -0.05) is 12.1 Å². The number of amides is 1. The van der Waals surface area contributed by atoms with Crippen LogP contribution in [0.3, 0.4) is 0 Å². The molecule has 1 aromatic rings.